The van der Waals surface area contributed by atoms with Crippen molar-refractivity contribution in [3.05, 3.63) is 40.2 Å². The van der Waals surface area contributed by atoms with Gasteiger partial charge in [-0.3, -0.25) is 0 Å². The molecule has 18 heavy (non-hydrogen) atoms. The van der Waals surface area contributed by atoms with E-state index in [1.165, 1.54) is 0 Å². The molecule has 0 amide bonds. The van der Waals surface area contributed by atoms with Gasteiger partial charge < -0.3 is 14.9 Å². The van der Waals surface area contributed by atoms with Crippen molar-refractivity contribution in [1.82, 2.24) is 4.98 Å². The smallest absolute Gasteiger partial charge is 0.292 e. The highest BCUT2D eigenvalue weighted by Gasteiger charge is 2.10. The third kappa shape index (κ3) is 2.76. The second-order valence-corrected chi connectivity index (χ2v) is 4.45. The molecule has 2 N–H and O–H groups in total. The molecule has 0 fully saturated rings. The number of nitrogens with zero attached hydrogens (tertiary/aromatic N) is 1. The van der Waals surface area contributed by atoms with E-state index in [0.29, 0.717) is 11.4 Å². The summed E-state index contributed by atoms with van der Waals surface area (Å²) in [5, 5.41) is 0.694. The van der Waals surface area contributed by atoms with Crippen molar-refractivity contribution in [1.29, 1.82) is 0 Å². The van der Waals surface area contributed by atoms with Gasteiger partial charge in [-0.1, -0.05) is 11.6 Å². The van der Waals surface area contributed by atoms with Crippen LogP contribution in [0.4, 0.5) is 6.01 Å². The summed E-state index contributed by atoms with van der Waals surface area (Å²) in [6.07, 6.45) is 1.48. The molecule has 0 bridgehead atoms. The van der Waals surface area contributed by atoms with Gasteiger partial charge in [0.25, 0.3) is 6.01 Å². The van der Waals surface area contributed by atoms with E-state index in [-0.39, 0.29) is 6.01 Å². The Hall–Kier alpha value is -1.68. The summed E-state index contributed by atoms with van der Waals surface area (Å²) in [6, 6.07) is 5.77. The van der Waals surface area contributed by atoms with E-state index in [2.05, 4.69) is 4.98 Å². The second kappa shape index (κ2) is 5.31. The quantitative estimate of drug-likeness (QED) is 0.924. The lowest BCUT2D eigenvalue weighted by molar-refractivity contribution is 0.408. The molecule has 0 aliphatic carbocycles. The van der Waals surface area contributed by atoms with E-state index < -0.39 is 0 Å². The van der Waals surface area contributed by atoms with Gasteiger partial charge in [-0.05, 0) is 37.1 Å². The lowest BCUT2D eigenvalue weighted by Crippen LogP contribution is -1.96. The van der Waals surface area contributed by atoms with Crippen molar-refractivity contribution in [2.24, 2.45) is 0 Å². The molecule has 5 heteroatoms. The van der Waals surface area contributed by atoms with E-state index >= 15 is 0 Å². The number of benzene rings is 1. The number of nitrogens with two attached hydrogens (primary N) is 1. The Kier molecular flexibility index (Phi) is 3.77. The molecule has 2 rings (SSSR count). The Morgan fingerprint density at radius 1 is 1.39 bits per heavy atom. The molecule has 1 heterocycles. The van der Waals surface area contributed by atoms with Crippen LogP contribution in [0.3, 0.4) is 0 Å². The van der Waals surface area contributed by atoms with Gasteiger partial charge in [0.2, 0.25) is 0 Å². The molecule has 0 aliphatic rings. The van der Waals surface area contributed by atoms with Crippen molar-refractivity contribution in [2.45, 2.75) is 19.8 Å². The maximum absolute atomic E-state index is 5.98. The molecule has 0 unspecified atom stereocenters. The van der Waals surface area contributed by atoms with Gasteiger partial charge in [0.05, 0.1) is 12.8 Å². The fourth-order valence-corrected chi connectivity index (χ4v) is 2.07. The van der Waals surface area contributed by atoms with Gasteiger partial charge in [-0.15, -0.1) is 0 Å². The molecule has 0 saturated carbocycles. The third-order valence-electron chi connectivity index (χ3n) is 2.77. The van der Waals surface area contributed by atoms with Gasteiger partial charge in [0, 0.05) is 11.4 Å². The van der Waals surface area contributed by atoms with E-state index in [4.69, 9.17) is 26.5 Å². The number of anilines is 1. The molecule has 96 valence electrons. The zero-order valence-corrected chi connectivity index (χ0v) is 11.1. The molecule has 0 spiro atoms. The second-order valence-electron chi connectivity index (χ2n) is 4.02. The largest absolute Gasteiger partial charge is 0.496 e. The van der Waals surface area contributed by atoms with Crippen LogP contribution in [0.1, 0.15) is 17.0 Å². The van der Waals surface area contributed by atoms with Gasteiger partial charge in [-0.25, -0.2) is 0 Å². The van der Waals surface area contributed by atoms with Crippen LogP contribution in [-0.2, 0) is 12.8 Å². The highest BCUT2D eigenvalue weighted by atomic mass is 35.5. The predicted molar refractivity (Wildman–Crippen MR) is 71.1 cm³/mol. The van der Waals surface area contributed by atoms with Crippen molar-refractivity contribution in [2.75, 3.05) is 12.8 Å². The van der Waals surface area contributed by atoms with E-state index in [1.54, 1.807) is 7.11 Å². The van der Waals surface area contributed by atoms with E-state index in [1.807, 2.05) is 25.1 Å². The minimum Gasteiger partial charge on any atom is -0.496 e. The number of rotatable bonds is 4. The lowest BCUT2D eigenvalue weighted by Gasteiger charge is -2.08. The molecule has 1 aromatic carbocycles. The third-order valence-corrected chi connectivity index (χ3v) is 3.01. The number of oxazole rings is 1. The lowest BCUT2D eigenvalue weighted by atomic mass is 10.1. The maximum atomic E-state index is 5.98. The van der Waals surface area contributed by atoms with Gasteiger partial charge in [0.1, 0.15) is 11.5 Å². The fraction of sp³-hybridized carbons (Fsp3) is 0.308. The first-order chi connectivity index (χ1) is 8.60. The summed E-state index contributed by atoms with van der Waals surface area (Å²) >= 11 is 5.98. The highest BCUT2D eigenvalue weighted by molar-refractivity contribution is 6.30. The molecule has 4 nitrogen and oxygen atoms in total. The molecule has 0 radical (unpaired) electrons. The van der Waals surface area contributed by atoms with Gasteiger partial charge in [-0.2, -0.15) is 4.98 Å². The minimum absolute atomic E-state index is 0.209. The standard InChI is InChI=1S/C13H15ClN2O2/c1-8-11(18-13(15)16-8)5-3-9-7-10(14)4-6-12(9)17-2/h4,6-7H,3,5H2,1-2H3,(H2,15,16). The summed E-state index contributed by atoms with van der Waals surface area (Å²) in [5.74, 6) is 1.62. The summed E-state index contributed by atoms with van der Waals surface area (Å²) < 4.78 is 10.6. The summed E-state index contributed by atoms with van der Waals surface area (Å²) in [6.45, 7) is 1.88. The van der Waals surface area contributed by atoms with Crippen LogP contribution in [0.5, 0.6) is 5.75 Å². The molecular formula is C13H15ClN2O2. The van der Waals surface area contributed by atoms with Crippen LogP contribution >= 0.6 is 11.6 Å². The normalized spacial score (nSPS) is 10.6. The minimum atomic E-state index is 0.209. The van der Waals surface area contributed by atoms with Crippen LogP contribution < -0.4 is 10.5 Å². The maximum Gasteiger partial charge on any atom is 0.292 e. The highest BCUT2D eigenvalue weighted by Crippen LogP contribution is 2.24. The van der Waals surface area contributed by atoms with E-state index in [0.717, 1.165) is 29.2 Å². The first kappa shape index (κ1) is 12.8. The topological polar surface area (TPSA) is 61.3 Å². The number of halogens is 1. The van der Waals surface area contributed by atoms with Crippen LogP contribution in [0.15, 0.2) is 22.6 Å². The number of methoxy groups -OCH3 is 1. The Morgan fingerprint density at radius 3 is 2.78 bits per heavy atom. The monoisotopic (exact) mass is 266 g/mol. The zero-order chi connectivity index (χ0) is 13.1. The van der Waals surface area contributed by atoms with Gasteiger partial charge >= 0.3 is 0 Å². The Labute approximate surface area is 111 Å². The Balaban J connectivity index is 2.14. The van der Waals surface area contributed by atoms with E-state index in [9.17, 15) is 0 Å². The number of hydrogen-bond acceptors (Lipinski definition) is 4. The number of nitrogen functional groups attached to an aromatic ring is 1. The molecule has 1 aromatic heterocycles. The Bertz CT molecular complexity index is 552. The van der Waals surface area contributed by atoms with Crippen LogP contribution in [0, 0.1) is 6.92 Å². The van der Waals surface area contributed by atoms with Crippen LogP contribution in [-0.4, -0.2) is 12.1 Å². The number of ether oxygens (including phenoxy) is 1. The average Bonchev–Trinajstić information content (AvgIpc) is 2.65. The number of hydrogen-bond donors (Lipinski definition) is 1. The average molecular weight is 267 g/mol. The van der Waals surface area contributed by atoms with Crippen molar-refractivity contribution >= 4 is 17.6 Å². The molecule has 2 aromatic rings. The molecule has 0 aliphatic heterocycles. The Morgan fingerprint density at radius 2 is 2.17 bits per heavy atom. The molecular weight excluding hydrogens is 252 g/mol. The van der Waals surface area contributed by atoms with Crippen molar-refractivity contribution in [3.63, 3.8) is 0 Å². The zero-order valence-electron chi connectivity index (χ0n) is 10.4. The number of aromatic nitrogens is 1. The first-order valence-electron chi connectivity index (χ1n) is 5.64. The fourth-order valence-electron chi connectivity index (χ4n) is 1.87. The van der Waals surface area contributed by atoms with Crippen LogP contribution in [0.25, 0.3) is 0 Å². The molecule has 0 atom stereocenters. The van der Waals surface area contributed by atoms with Crippen molar-refractivity contribution < 1.29 is 9.15 Å². The van der Waals surface area contributed by atoms with Crippen molar-refractivity contribution in [3.8, 4) is 5.75 Å². The van der Waals surface area contributed by atoms with Crippen LogP contribution in [0.2, 0.25) is 5.02 Å². The SMILES string of the molecule is COc1ccc(Cl)cc1CCc1oc(N)nc1C. The number of aryl methyl sites for hydroxylation is 3. The summed E-state index contributed by atoms with van der Waals surface area (Å²) in [4.78, 5) is 4.04. The summed E-state index contributed by atoms with van der Waals surface area (Å²) in [7, 11) is 1.64. The predicted octanol–water partition coefficient (Wildman–Crippen LogP) is 3.01. The summed E-state index contributed by atoms with van der Waals surface area (Å²) in [5.41, 5.74) is 7.37. The molecule has 0 saturated heterocycles. The van der Waals surface area contributed by atoms with Gasteiger partial charge in [0.15, 0.2) is 0 Å². The first-order valence-corrected chi connectivity index (χ1v) is 6.02.